The Hall–Kier alpha value is -0.920. The summed E-state index contributed by atoms with van der Waals surface area (Å²) in [5.41, 5.74) is 1.20. The molecule has 1 aromatic rings. The van der Waals surface area contributed by atoms with Crippen molar-refractivity contribution < 1.29 is 13.2 Å². The largest absolute Gasteiger partial charge is 0.351 e. The SMILES string of the molecule is CCS(=O)(=O)N1CCC(C(=O)NCc2sccc2C)CC1. The molecule has 118 valence electrons. The van der Waals surface area contributed by atoms with Crippen LogP contribution in [0.3, 0.4) is 0 Å². The standard InChI is InChI=1S/C14H22N2O3S2/c1-3-21(18,19)16-7-4-12(5-8-16)14(17)15-10-13-11(2)6-9-20-13/h6,9,12H,3-5,7-8,10H2,1-2H3,(H,15,17). The number of aryl methyl sites for hydroxylation is 1. The zero-order valence-electron chi connectivity index (χ0n) is 12.5. The second-order valence-corrected chi connectivity index (χ2v) is 8.58. The topological polar surface area (TPSA) is 66.5 Å². The molecule has 0 spiro atoms. The number of thiophene rings is 1. The second-order valence-electron chi connectivity index (χ2n) is 5.32. The molecule has 7 heteroatoms. The molecule has 1 aromatic heterocycles. The maximum absolute atomic E-state index is 12.2. The second kappa shape index (κ2) is 6.89. The molecular formula is C14H22N2O3S2. The Balaban J connectivity index is 1.82. The summed E-state index contributed by atoms with van der Waals surface area (Å²) >= 11 is 1.64. The van der Waals surface area contributed by atoms with E-state index in [4.69, 9.17) is 0 Å². The number of nitrogens with zero attached hydrogens (tertiary/aromatic N) is 1. The lowest BCUT2D eigenvalue weighted by atomic mass is 9.97. The van der Waals surface area contributed by atoms with E-state index in [0.29, 0.717) is 32.5 Å². The maximum atomic E-state index is 12.2. The summed E-state index contributed by atoms with van der Waals surface area (Å²) in [6.07, 6.45) is 1.21. The van der Waals surface area contributed by atoms with Crippen LogP contribution in [0.2, 0.25) is 0 Å². The first kappa shape index (κ1) is 16.5. The fourth-order valence-corrected chi connectivity index (χ4v) is 4.45. The van der Waals surface area contributed by atoms with Gasteiger partial charge in [0.2, 0.25) is 15.9 Å². The van der Waals surface area contributed by atoms with Crippen molar-refractivity contribution >= 4 is 27.3 Å². The summed E-state index contributed by atoms with van der Waals surface area (Å²) < 4.78 is 25.1. The Bertz CT molecular complexity index is 587. The monoisotopic (exact) mass is 330 g/mol. The zero-order chi connectivity index (χ0) is 15.5. The fourth-order valence-electron chi connectivity index (χ4n) is 2.48. The van der Waals surface area contributed by atoms with Gasteiger partial charge in [0.05, 0.1) is 12.3 Å². The Morgan fingerprint density at radius 3 is 2.62 bits per heavy atom. The highest BCUT2D eigenvalue weighted by atomic mass is 32.2. The zero-order valence-corrected chi connectivity index (χ0v) is 14.1. The van der Waals surface area contributed by atoms with Crippen LogP contribution >= 0.6 is 11.3 Å². The number of carbonyl (C=O) groups excluding carboxylic acids is 1. The minimum atomic E-state index is -3.12. The van der Waals surface area contributed by atoms with Gasteiger partial charge in [-0.25, -0.2) is 12.7 Å². The molecule has 0 bridgehead atoms. The van der Waals surface area contributed by atoms with Gasteiger partial charge in [-0.15, -0.1) is 11.3 Å². The highest BCUT2D eigenvalue weighted by molar-refractivity contribution is 7.89. The van der Waals surface area contributed by atoms with E-state index in [1.807, 2.05) is 18.4 Å². The molecule has 1 aliphatic rings. The van der Waals surface area contributed by atoms with E-state index >= 15 is 0 Å². The molecule has 5 nitrogen and oxygen atoms in total. The molecule has 1 amide bonds. The van der Waals surface area contributed by atoms with Gasteiger partial charge in [0.1, 0.15) is 0 Å². The van der Waals surface area contributed by atoms with Crippen molar-refractivity contribution in [3.8, 4) is 0 Å². The number of carbonyl (C=O) groups is 1. The van der Waals surface area contributed by atoms with Gasteiger partial charge in [-0.05, 0) is 43.7 Å². The van der Waals surface area contributed by atoms with Crippen molar-refractivity contribution in [3.05, 3.63) is 21.9 Å². The molecule has 0 saturated carbocycles. The first-order chi connectivity index (χ1) is 9.94. The van der Waals surface area contributed by atoms with E-state index in [2.05, 4.69) is 5.32 Å². The normalized spacial score (nSPS) is 17.8. The van der Waals surface area contributed by atoms with Gasteiger partial charge in [-0.2, -0.15) is 0 Å². The Labute approximate surface area is 130 Å². The average Bonchev–Trinajstić information content (AvgIpc) is 2.90. The van der Waals surface area contributed by atoms with Crippen LogP contribution < -0.4 is 5.32 Å². The number of amides is 1. The van der Waals surface area contributed by atoms with Gasteiger partial charge in [0.15, 0.2) is 0 Å². The minimum absolute atomic E-state index is 0.0383. The molecule has 1 saturated heterocycles. The molecule has 0 aromatic carbocycles. The molecule has 1 fully saturated rings. The summed E-state index contributed by atoms with van der Waals surface area (Å²) in [5, 5.41) is 4.99. The molecule has 1 N–H and O–H groups in total. The van der Waals surface area contributed by atoms with Gasteiger partial charge in [-0.1, -0.05) is 0 Å². The molecule has 21 heavy (non-hydrogen) atoms. The Morgan fingerprint density at radius 2 is 2.10 bits per heavy atom. The minimum Gasteiger partial charge on any atom is -0.351 e. The van der Waals surface area contributed by atoms with Gasteiger partial charge in [0, 0.05) is 23.9 Å². The van der Waals surface area contributed by atoms with Crippen LogP contribution in [0.4, 0.5) is 0 Å². The summed E-state index contributed by atoms with van der Waals surface area (Å²) in [4.78, 5) is 13.3. The van der Waals surface area contributed by atoms with Gasteiger partial charge in [0.25, 0.3) is 0 Å². The van der Waals surface area contributed by atoms with Crippen molar-refractivity contribution in [3.63, 3.8) is 0 Å². The highest BCUT2D eigenvalue weighted by Gasteiger charge is 2.29. The third-order valence-electron chi connectivity index (χ3n) is 3.97. The Morgan fingerprint density at radius 1 is 1.43 bits per heavy atom. The first-order valence-corrected chi connectivity index (χ1v) is 9.71. The van der Waals surface area contributed by atoms with Gasteiger partial charge >= 0.3 is 0 Å². The van der Waals surface area contributed by atoms with Crippen LogP contribution in [0.15, 0.2) is 11.4 Å². The van der Waals surface area contributed by atoms with Crippen molar-refractivity contribution in [1.29, 1.82) is 0 Å². The third kappa shape index (κ3) is 4.05. The average molecular weight is 330 g/mol. The van der Waals surface area contributed by atoms with Crippen LogP contribution in [0, 0.1) is 12.8 Å². The van der Waals surface area contributed by atoms with Crippen LogP contribution in [0.5, 0.6) is 0 Å². The van der Waals surface area contributed by atoms with Gasteiger partial charge in [-0.3, -0.25) is 4.79 Å². The summed E-state index contributed by atoms with van der Waals surface area (Å²) in [6, 6.07) is 2.04. The van der Waals surface area contributed by atoms with Gasteiger partial charge < -0.3 is 5.32 Å². The first-order valence-electron chi connectivity index (χ1n) is 7.22. The number of nitrogens with one attached hydrogen (secondary N) is 1. The number of piperidine rings is 1. The number of sulfonamides is 1. The predicted octanol–water partition coefficient (Wildman–Crippen LogP) is 1.73. The third-order valence-corrected chi connectivity index (χ3v) is 6.88. The van der Waals surface area contributed by atoms with Crippen molar-refractivity contribution in [2.45, 2.75) is 33.2 Å². The molecule has 0 radical (unpaired) electrons. The van der Waals surface area contributed by atoms with Crippen molar-refractivity contribution in [2.75, 3.05) is 18.8 Å². The van der Waals surface area contributed by atoms with Crippen LogP contribution in [-0.2, 0) is 21.4 Å². The summed E-state index contributed by atoms with van der Waals surface area (Å²) in [5.74, 6) is 0.0894. The number of rotatable bonds is 5. The maximum Gasteiger partial charge on any atom is 0.223 e. The predicted molar refractivity (Wildman–Crippen MR) is 84.7 cm³/mol. The van der Waals surface area contributed by atoms with E-state index in [9.17, 15) is 13.2 Å². The molecular weight excluding hydrogens is 308 g/mol. The van der Waals surface area contributed by atoms with Crippen LogP contribution in [0.25, 0.3) is 0 Å². The molecule has 0 aliphatic carbocycles. The van der Waals surface area contributed by atoms with Crippen molar-refractivity contribution in [1.82, 2.24) is 9.62 Å². The number of hydrogen-bond donors (Lipinski definition) is 1. The van der Waals surface area contributed by atoms with Crippen molar-refractivity contribution in [2.24, 2.45) is 5.92 Å². The quantitative estimate of drug-likeness (QED) is 0.894. The summed E-state index contributed by atoms with van der Waals surface area (Å²) in [7, 11) is -3.12. The lowest BCUT2D eigenvalue weighted by Crippen LogP contribution is -2.43. The lowest BCUT2D eigenvalue weighted by Gasteiger charge is -2.30. The molecule has 2 heterocycles. The lowest BCUT2D eigenvalue weighted by molar-refractivity contribution is -0.126. The molecule has 0 unspecified atom stereocenters. The molecule has 2 rings (SSSR count). The number of hydrogen-bond acceptors (Lipinski definition) is 4. The summed E-state index contributed by atoms with van der Waals surface area (Å²) in [6.45, 7) is 5.15. The van der Waals surface area contributed by atoms with E-state index in [1.165, 1.54) is 14.7 Å². The molecule has 1 aliphatic heterocycles. The highest BCUT2D eigenvalue weighted by Crippen LogP contribution is 2.21. The smallest absolute Gasteiger partial charge is 0.223 e. The van der Waals surface area contributed by atoms with Crippen LogP contribution in [-0.4, -0.2) is 37.5 Å². The fraction of sp³-hybridized carbons (Fsp3) is 0.643. The van der Waals surface area contributed by atoms with E-state index in [1.54, 1.807) is 18.3 Å². The van der Waals surface area contributed by atoms with E-state index in [-0.39, 0.29) is 17.6 Å². The van der Waals surface area contributed by atoms with E-state index in [0.717, 1.165) is 0 Å². The van der Waals surface area contributed by atoms with E-state index < -0.39 is 10.0 Å². The molecule has 0 atom stereocenters. The van der Waals surface area contributed by atoms with Crippen LogP contribution in [0.1, 0.15) is 30.2 Å². The Kier molecular flexibility index (Phi) is 5.40.